The molecule has 0 aliphatic carbocycles. The van der Waals surface area contributed by atoms with Gasteiger partial charge in [0.05, 0.1) is 5.38 Å². The maximum atomic E-state index is 11.0. The molecule has 11 heavy (non-hydrogen) atoms. The lowest BCUT2D eigenvalue weighted by atomic mass is 10.1. The number of ketones is 1. The molecular formula is C8H14Cl2O. The van der Waals surface area contributed by atoms with Crippen LogP contribution < -0.4 is 0 Å². The van der Waals surface area contributed by atoms with E-state index in [1.165, 1.54) is 0 Å². The highest BCUT2D eigenvalue weighted by Crippen LogP contribution is 2.08. The number of Topliss-reactive ketones (excluding diaryl/α,β-unsaturated/α-hetero) is 1. The lowest BCUT2D eigenvalue weighted by molar-refractivity contribution is -0.119. The Labute approximate surface area is 78.1 Å². The van der Waals surface area contributed by atoms with Crippen molar-refractivity contribution in [1.82, 2.24) is 0 Å². The van der Waals surface area contributed by atoms with Crippen LogP contribution in [-0.4, -0.2) is 17.0 Å². The number of unbranched alkanes of at least 4 members (excludes halogenated alkanes) is 1. The van der Waals surface area contributed by atoms with Crippen molar-refractivity contribution in [2.24, 2.45) is 0 Å². The van der Waals surface area contributed by atoms with Crippen LogP contribution in [0.2, 0.25) is 0 Å². The summed E-state index contributed by atoms with van der Waals surface area (Å²) in [7, 11) is 0. The summed E-state index contributed by atoms with van der Waals surface area (Å²) in [5.74, 6) is 0.590. The Morgan fingerprint density at radius 3 is 2.64 bits per heavy atom. The average molecular weight is 197 g/mol. The van der Waals surface area contributed by atoms with Gasteiger partial charge in [-0.1, -0.05) is 13.3 Å². The molecule has 0 bridgehead atoms. The molecular weight excluding hydrogens is 183 g/mol. The lowest BCUT2D eigenvalue weighted by Gasteiger charge is -2.02. The van der Waals surface area contributed by atoms with E-state index in [4.69, 9.17) is 23.2 Å². The van der Waals surface area contributed by atoms with Crippen LogP contribution in [-0.2, 0) is 4.79 Å². The number of rotatable bonds is 6. The number of hydrogen-bond donors (Lipinski definition) is 0. The zero-order chi connectivity index (χ0) is 8.69. The number of carbonyl (C=O) groups is 1. The summed E-state index contributed by atoms with van der Waals surface area (Å²) >= 11 is 11.1. The summed E-state index contributed by atoms with van der Waals surface area (Å²) in [6, 6.07) is 0. The quantitative estimate of drug-likeness (QED) is 0.598. The minimum absolute atomic E-state index is 0.180. The lowest BCUT2D eigenvalue weighted by Crippen LogP contribution is -2.08. The highest BCUT2D eigenvalue weighted by atomic mass is 35.5. The molecule has 0 aromatic carbocycles. The SMILES string of the molecule is CCCCC(=O)CC(Cl)CCl. The second kappa shape index (κ2) is 6.93. The molecule has 1 nitrogen and oxygen atoms in total. The zero-order valence-corrected chi connectivity index (χ0v) is 8.29. The number of carbonyl (C=O) groups excluding carboxylic acids is 1. The Hall–Kier alpha value is 0.250. The Morgan fingerprint density at radius 1 is 1.55 bits per heavy atom. The molecule has 0 spiro atoms. The summed E-state index contributed by atoms with van der Waals surface area (Å²) in [5, 5.41) is -0.180. The summed E-state index contributed by atoms with van der Waals surface area (Å²) in [6.45, 7) is 2.06. The smallest absolute Gasteiger partial charge is 0.134 e. The van der Waals surface area contributed by atoms with E-state index in [-0.39, 0.29) is 11.2 Å². The standard InChI is InChI=1S/C8H14Cl2O/c1-2-3-4-8(11)5-7(10)6-9/h7H,2-6H2,1H3. The predicted octanol–water partition coefficient (Wildman–Crippen LogP) is 2.98. The third kappa shape index (κ3) is 6.64. The van der Waals surface area contributed by atoms with Crippen LogP contribution in [0.4, 0.5) is 0 Å². The van der Waals surface area contributed by atoms with Crippen molar-refractivity contribution in [1.29, 1.82) is 0 Å². The van der Waals surface area contributed by atoms with Gasteiger partial charge < -0.3 is 0 Å². The molecule has 0 saturated carbocycles. The summed E-state index contributed by atoms with van der Waals surface area (Å²) in [4.78, 5) is 11.0. The molecule has 0 fully saturated rings. The van der Waals surface area contributed by atoms with Crippen molar-refractivity contribution in [3.8, 4) is 0 Å². The highest BCUT2D eigenvalue weighted by molar-refractivity contribution is 6.28. The molecule has 0 amide bonds. The molecule has 0 aromatic rings. The fraction of sp³-hybridized carbons (Fsp3) is 0.875. The summed E-state index contributed by atoms with van der Waals surface area (Å²) in [5.41, 5.74) is 0. The first-order chi connectivity index (χ1) is 5.20. The van der Waals surface area contributed by atoms with Crippen LogP contribution in [0.15, 0.2) is 0 Å². The minimum Gasteiger partial charge on any atom is -0.300 e. The van der Waals surface area contributed by atoms with E-state index in [0.717, 1.165) is 12.8 Å². The van der Waals surface area contributed by atoms with Crippen molar-refractivity contribution in [2.45, 2.75) is 38.0 Å². The van der Waals surface area contributed by atoms with Crippen LogP contribution in [0.25, 0.3) is 0 Å². The second-order valence-corrected chi connectivity index (χ2v) is 3.52. The molecule has 1 unspecified atom stereocenters. The van der Waals surface area contributed by atoms with Crippen LogP contribution in [0, 0.1) is 0 Å². The number of hydrogen-bond acceptors (Lipinski definition) is 1. The van der Waals surface area contributed by atoms with Gasteiger partial charge in [-0.15, -0.1) is 23.2 Å². The van der Waals surface area contributed by atoms with E-state index < -0.39 is 0 Å². The first kappa shape index (κ1) is 11.2. The Bertz CT molecular complexity index is 115. The Kier molecular flexibility index (Phi) is 7.09. The molecule has 0 radical (unpaired) electrons. The van der Waals surface area contributed by atoms with Gasteiger partial charge in [0.15, 0.2) is 0 Å². The van der Waals surface area contributed by atoms with Crippen molar-refractivity contribution >= 4 is 29.0 Å². The van der Waals surface area contributed by atoms with Gasteiger partial charge in [0, 0.05) is 18.7 Å². The molecule has 0 aromatic heterocycles. The fourth-order valence-corrected chi connectivity index (χ4v) is 1.06. The Morgan fingerprint density at radius 2 is 2.18 bits per heavy atom. The number of alkyl halides is 2. The van der Waals surface area contributed by atoms with E-state index in [1.807, 2.05) is 0 Å². The number of halogens is 2. The largest absolute Gasteiger partial charge is 0.300 e. The summed E-state index contributed by atoms with van der Waals surface area (Å²) in [6.07, 6.45) is 3.09. The zero-order valence-electron chi connectivity index (χ0n) is 6.78. The third-order valence-electron chi connectivity index (χ3n) is 1.43. The molecule has 0 saturated heterocycles. The van der Waals surface area contributed by atoms with Crippen molar-refractivity contribution in [3.05, 3.63) is 0 Å². The molecule has 0 heterocycles. The van der Waals surface area contributed by atoms with Gasteiger partial charge in [-0.3, -0.25) is 4.79 Å². The van der Waals surface area contributed by atoms with Gasteiger partial charge >= 0.3 is 0 Å². The molecule has 0 N–H and O–H groups in total. The van der Waals surface area contributed by atoms with E-state index in [2.05, 4.69) is 6.92 Å². The van der Waals surface area contributed by atoms with Gasteiger partial charge in [-0.05, 0) is 6.42 Å². The monoisotopic (exact) mass is 196 g/mol. The highest BCUT2D eigenvalue weighted by Gasteiger charge is 2.08. The van der Waals surface area contributed by atoms with E-state index in [9.17, 15) is 4.79 Å². The molecule has 1 atom stereocenters. The van der Waals surface area contributed by atoms with E-state index in [1.54, 1.807) is 0 Å². The fourth-order valence-electron chi connectivity index (χ4n) is 0.778. The minimum atomic E-state index is -0.180. The van der Waals surface area contributed by atoms with Gasteiger partial charge in [0.25, 0.3) is 0 Å². The maximum absolute atomic E-state index is 11.0. The normalized spacial score (nSPS) is 13.0. The average Bonchev–Trinajstić information content (AvgIpc) is 2.00. The van der Waals surface area contributed by atoms with Crippen LogP contribution >= 0.6 is 23.2 Å². The van der Waals surface area contributed by atoms with Gasteiger partial charge in [-0.2, -0.15) is 0 Å². The Balaban J connectivity index is 3.36. The molecule has 3 heteroatoms. The molecule has 0 aliphatic heterocycles. The molecule has 0 aliphatic rings. The summed E-state index contributed by atoms with van der Waals surface area (Å²) < 4.78 is 0. The second-order valence-electron chi connectivity index (χ2n) is 2.60. The van der Waals surface area contributed by atoms with Gasteiger partial charge in [-0.25, -0.2) is 0 Å². The van der Waals surface area contributed by atoms with Gasteiger partial charge in [0.1, 0.15) is 5.78 Å². The van der Waals surface area contributed by atoms with Crippen molar-refractivity contribution in [2.75, 3.05) is 5.88 Å². The van der Waals surface area contributed by atoms with Gasteiger partial charge in [0.2, 0.25) is 0 Å². The first-order valence-electron chi connectivity index (χ1n) is 3.92. The van der Waals surface area contributed by atoms with Crippen LogP contribution in [0.1, 0.15) is 32.6 Å². The topological polar surface area (TPSA) is 17.1 Å². The molecule has 66 valence electrons. The van der Waals surface area contributed by atoms with Crippen LogP contribution in [0.5, 0.6) is 0 Å². The predicted molar refractivity (Wildman–Crippen MR) is 49.5 cm³/mol. The first-order valence-corrected chi connectivity index (χ1v) is 4.89. The van der Waals surface area contributed by atoms with E-state index in [0.29, 0.717) is 18.7 Å². The van der Waals surface area contributed by atoms with Crippen molar-refractivity contribution < 1.29 is 4.79 Å². The third-order valence-corrected chi connectivity index (χ3v) is 2.26. The van der Waals surface area contributed by atoms with E-state index >= 15 is 0 Å². The van der Waals surface area contributed by atoms with Crippen LogP contribution in [0.3, 0.4) is 0 Å². The molecule has 0 rings (SSSR count). The van der Waals surface area contributed by atoms with Crippen molar-refractivity contribution in [3.63, 3.8) is 0 Å². The maximum Gasteiger partial charge on any atom is 0.134 e.